The van der Waals surface area contributed by atoms with Crippen molar-refractivity contribution >= 4 is 42.4 Å². The van der Waals surface area contributed by atoms with E-state index < -0.39 is 9.84 Å². The number of methoxy groups -OCH3 is 1. The van der Waals surface area contributed by atoms with E-state index in [1.807, 2.05) is 29.0 Å². The number of carbonyl (C=O) groups is 1. The average Bonchev–Trinajstić information content (AvgIpc) is 3.45. The standard InChI is InChI=1S/C23H24N4O4S2/c1-31-18-6-9-20-21(15-18)32-23(25-20)27(12-3-11-26-13-10-24-16-26)22(28)14-17-4-7-19(8-5-17)33(2,29)30/h4-10,13,15-16H,3,11-12,14H2,1-2H3. The molecule has 33 heavy (non-hydrogen) atoms. The number of hydrogen-bond donors (Lipinski definition) is 0. The third kappa shape index (κ3) is 5.58. The molecule has 0 N–H and O–H groups in total. The van der Waals surface area contributed by atoms with E-state index in [0.717, 1.165) is 40.8 Å². The van der Waals surface area contributed by atoms with Crippen molar-refractivity contribution in [3.8, 4) is 5.75 Å². The molecule has 2 aromatic heterocycles. The number of amides is 1. The van der Waals surface area contributed by atoms with Crippen molar-refractivity contribution in [2.45, 2.75) is 24.3 Å². The monoisotopic (exact) mass is 484 g/mol. The van der Waals surface area contributed by atoms with Gasteiger partial charge < -0.3 is 9.30 Å². The lowest BCUT2D eigenvalue weighted by molar-refractivity contribution is -0.118. The first kappa shape index (κ1) is 22.9. The molecule has 4 aromatic rings. The van der Waals surface area contributed by atoms with Gasteiger partial charge in [-0.05, 0) is 42.3 Å². The Morgan fingerprint density at radius 2 is 1.97 bits per heavy atom. The second kappa shape index (κ2) is 9.72. The van der Waals surface area contributed by atoms with Crippen LogP contribution in [0.5, 0.6) is 5.75 Å². The summed E-state index contributed by atoms with van der Waals surface area (Å²) >= 11 is 1.44. The third-order valence-corrected chi connectivity index (χ3v) is 7.35. The van der Waals surface area contributed by atoms with Gasteiger partial charge in [0.25, 0.3) is 0 Å². The molecule has 1 amide bonds. The molecule has 0 aliphatic rings. The first-order chi connectivity index (χ1) is 15.8. The fraction of sp³-hybridized carbons (Fsp3) is 0.261. The Labute approximate surface area is 196 Å². The molecule has 0 spiro atoms. The van der Waals surface area contributed by atoms with E-state index in [1.165, 1.54) is 23.5 Å². The Morgan fingerprint density at radius 1 is 1.18 bits per heavy atom. The van der Waals surface area contributed by atoms with Crippen LogP contribution >= 0.6 is 11.3 Å². The predicted octanol–water partition coefficient (Wildman–Crippen LogP) is 3.57. The zero-order valence-electron chi connectivity index (χ0n) is 18.3. The Morgan fingerprint density at radius 3 is 2.64 bits per heavy atom. The number of anilines is 1. The van der Waals surface area contributed by atoms with Crippen molar-refractivity contribution in [2.24, 2.45) is 0 Å². The number of sulfone groups is 1. The summed E-state index contributed by atoms with van der Waals surface area (Å²) in [6.07, 6.45) is 7.41. The molecule has 0 aliphatic heterocycles. The molecule has 0 fully saturated rings. The van der Waals surface area contributed by atoms with Crippen molar-refractivity contribution in [3.05, 3.63) is 66.7 Å². The van der Waals surface area contributed by atoms with Crippen LogP contribution in [0.15, 0.2) is 66.1 Å². The van der Waals surface area contributed by atoms with E-state index in [-0.39, 0.29) is 17.2 Å². The van der Waals surface area contributed by atoms with Crippen LogP contribution in [0.2, 0.25) is 0 Å². The molecule has 0 saturated heterocycles. The molecule has 0 radical (unpaired) electrons. The van der Waals surface area contributed by atoms with Crippen molar-refractivity contribution in [2.75, 3.05) is 24.8 Å². The van der Waals surface area contributed by atoms with Gasteiger partial charge in [-0.15, -0.1) is 0 Å². The summed E-state index contributed by atoms with van der Waals surface area (Å²) in [4.78, 5) is 24.0. The molecule has 172 valence electrons. The highest BCUT2D eigenvalue weighted by atomic mass is 32.2. The maximum atomic E-state index is 13.3. The van der Waals surface area contributed by atoms with Crippen molar-refractivity contribution in [3.63, 3.8) is 0 Å². The van der Waals surface area contributed by atoms with E-state index in [2.05, 4.69) is 9.97 Å². The fourth-order valence-corrected chi connectivity index (χ4v) is 5.08. The summed E-state index contributed by atoms with van der Waals surface area (Å²) < 4.78 is 31.6. The number of fused-ring (bicyclic) bond motifs is 1. The van der Waals surface area contributed by atoms with Gasteiger partial charge >= 0.3 is 0 Å². The first-order valence-corrected chi connectivity index (χ1v) is 13.0. The molecule has 2 aromatic carbocycles. The summed E-state index contributed by atoms with van der Waals surface area (Å²) in [5, 5.41) is 0.627. The van der Waals surface area contributed by atoms with Crippen LogP contribution in [0.25, 0.3) is 10.2 Å². The highest BCUT2D eigenvalue weighted by Crippen LogP contribution is 2.32. The van der Waals surface area contributed by atoms with E-state index in [4.69, 9.17) is 4.74 Å². The first-order valence-electron chi connectivity index (χ1n) is 10.3. The molecule has 0 saturated carbocycles. The summed E-state index contributed by atoms with van der Waals surface area (Å²) in [6, 6.07) is 12.1. The van der Waals surface area contributed by atoms with Crippen LogP contribution in [-0.4, -0.2) is 48.8 Å². The minimum Gasteiger partial charge on any atom is -0.497 e. The SMILES string of the molecule is COc1ccc2nc(N(CCCn3ccnc3)C(=O)Cc3ccc(S(C)(=O)=O)cc3)sc2c1. The molecule has 0 aliphatic carbocycles. The normalized spacial score (nSPS) is 11.6. The summed E-state index contributed by atoms with van der Waals surface area (Å²) in [7, 11) is -1.67. The maximum Gasteiger partial charge on any atom is 0.233 e. The Hall–Kier alpha value is -3.24. The smallest absolute Gasteiger partial charge is 0.233 e. The topological polar surface area (TPSA) is 94.4 Å². The van der Waals surface area contributed by atoms with E-state index in [0.29, 0.717) is 11.7 Å². The molecule has 8 nitrogen and oxygen atoms in total. The van der Waals surface area contributed by atoms with E-state index >= 15 is 0 Å². The van der Waals surface area contributed by atoms with Crippen LogP contribution in [0.4, 0.5) is 5.13 Å². The maximum absolute atomic E-state index is 13.3. The number of aryl methyl sites for hydroxylation is 1. The van der Waals surface area contributed by atoms with Crippen molar-refractivity contribution in [1.82, 2.24) is 14.5 Å². The largest absolute Gasteiger partial charge is 0.497 e. The van der Waals surface area contributed by atoms with Crippen LogP contribution in [0, 0.1) is 0 Å². The number of carbonyl (C=O) groups excluding carboxylic acids is 1. The van der Waals surface area contributed by atoms with Gasteiger partial charge in [-0.25, -0.2) is 18.4 Å². The molecule has 2 heterocycles. The van der Waals surface area contributed by atoms with Gasteiger partial charge in [-0.2, -0.15) is 0 Å². The van der Waals surface area contributed by atoms with Gasteiger partial charge in [0.15, 0.2) is 15.0 Å². The summed E-state index contributed by atoms with van der Waals surface area (Å²) in [5.41, 5.74) is 1.55. The lowest BCUT2D eigenvalue weighted by Gasteiger charge is -2.20. The lowest BCUT2D eigenvalue weighted by atomic mass is 10.1. The van der Waals surface area contributed by atoms with Gasteiger partial charge in [-0.1, -0.05) is 23.5 Å². The van der Waals surface area contributed by atoms with Crippen molar-refractivity contribution < 1.29 is 17.9 Å². The van der Waals surface area contributed by atoms with Gasteiger partial charge in [-0.3, -0.25) is 9.69 Å². The van der Waals surface area contributed by atoms with Crippen LogP contribution in [-0.2, 0) is 27.6 Å². The molecule has 4 rings (SSSR count). The highest BCUT2D eigenvalue weighted by Gasteiger charge is 2.20. The van der Waals surface area contributed by atoms with Crippen LogP contribution < -0.4 is 9.64 Å². The van der Waals surface area contributed by atoms with Gasteiger partial charge in [0.1, 0.15) is 5.75 Å². The third-order valence-electron chi connectivity index (χ3n) is 5.18. The van der Waals surface area contributed by atoms with Gasteiger partial charge in [0.2, 0.25) is 5.91 Å². The second-order valence-corrected chi connectivity index (χ2v) is 10.6. The number of ether oxygens (including phenoxy) is 1. The minimum absolute atomic E-state index is 0.0984. The van der Waals surface area contributed by atoms with Crippen LogP contribution in [0.1, 0.15) is 12.0 Å². The van der Waals surface area contributed by atoms with E-state index in [1.54, 1.807) is 36.7 Å². The molecule has 0 bridgehead atoms. The molecule has 0 unspecified atom stereocenters. The van der Waals surface area contributed by atoms with Gasteiger partial charge in [0, 0.05) is 31.7 Å². The Bertz CT molecular complexity index is 1350. The fourth-order valence-electron chi connectivity index (χ4n) is 3.42. The highest BCUT2D eigenvalue weighted by molar-refractivity contribution is 7.90. The number of imidazole rings is 1. The minimum atomic E-state index is -3.28. The van der Waals surface area contributed by atoms with Crippen LogP contribution in [0.3, 0.4) is 0 Å². The number of rotatable bonds is 9. The van der Waals surface area contributed by atoms with Gasteiger partial charge in [0.05, 0.1) is 35.0 Å². The second-order valence-electron chi connectivity index (χ2n) is 7.62. The number of benzene rings is 2. The lowest BCUT2D eigenvalue weighted by Crippen LogP contribution is -2.33. The Balaban J connectivity index is 1.56. The number of hydrogen-bond acceptors (Lipinski definition) is 7. The molecular weight excluding hydrogens is 460 g/mol. The molecular formula is C23H24N4O4S2. The average molecular weight is 485 g/mol. The number of thiazole rings is 1. The zero-order valence-corrected chi connectivity index (χ0v) is 20.0. The number of nitrogens with zero attached hydrogens (tertiary/aromatic N) is 4. The zero-order chi connectivity index (χ0) is 23.4. The van der Waals surface area contributed by atoms with E-state index in [9.17, 15) is 13.2 Å². The predicted molar refractivity (Wildman–Crippen MR) is 129 cm³/mol. The van der Waals surface area contributed by atoms with Crippen molar-refractivity contribution in [1.29, 1.82) is 0 Å². The Kier molecular flexibility index (Phi) is 6.75. The quantitative estimate of drug-likeness (QED) is 0.361. The number of aromatic nitrogens is 3. The molecule has 10 heteroatoms. The molecule has 0 atom stereocenters. The summed E-state index contributed by atoms with van der Waals surface area (Å²) in [6.45, 7) is 1.22. The summed E-state index contributed by atoms with van der Waals surface area (Å²) in [5.74, 6) is 0.639.